The minimum Gasteiger partial charge on any atom is -0.508 e. The van der Waals surface area contributed by atoms with Gasteiger partial charge in [0.05, 0.1) is 11.4 Å². The lowest BCUT2D eigenvalue weighted by molar-refractivity contribution is 0.475. The molecule has 5 rings (SSSR count). The first-order valence-electron chi connectivity index (χ1n) is 10.3. The largest absolute Gasteiger partial charge is 0.508 e. The van der Waals surface area contributed by atoms with Crippen LogP contribution in [0.4, 0.5) is 0 Å². The Hall–Kier alpha value is -4.11. The molecule has 32 heavy (non-hydrogen) atoms. The summed E-state index contributed by atoms with van der Waals surface area (Å²) in [4.78, 5) is 5.14. The molecule has 0 atom stereocenters. The van der Waals surface area contributed by atoms with E-state index < -0.39 is 0 Å². The summed E-state index contributed by atoms with van der Waals surface area (Å²) in [6.07, 6.45) is 0. The second-order valence-corrected chi connectivity index (χ2v) is 7.52. The van der Waals surface area contributed by atoms with E-state index in [1.54, 1.807) is 12.1 Å². The van der Waals surface area contributed by atoms with Gasteiger partial charge in [-0.05, 0) is 23.3 Å². The Morgan fingerprint density at radius 3 is 1.84 bits per heavy atom. The fourth-order valence-corrected chi connectivity index (χ4v) is 4.07. The summed E-state index contributed by atoms with van der Waals surface area (Å²) >= 11 is 0. The van der Waals surface area contributed by atoms with E-state index in [2.05, 4.69) is 60.1 Å². The van der Waals surface area contributed by atoms with E-state index in [1.165, 1.54) is 0 Å². The average Bonchev–Trinajstić information content (AvgIpc) is 3.17. The molecule has 0 radical (unpaired) electrons. The molecule has 3 heteroatoms. The van der Waals surface area contributed by atoms with Crippen LogP contribution < -0.4 is 0 Å². The second-order valence-electron chi connectivity index (χ2n) is 7.52. The molecule has 0 saturated carbocycles. The molecular weight excluding hydrogens is 392 g/mol. The smallest absolute Gasteiger partial charge is 0.141 e. The van der Waals surface area contributed by atoms with E-state index in [4.69, 9.17) is 4.98 Å². The zero-order valence-corrected chi connectivity index (χ0v) is 17.2. The first kappa shape index (κ1) is 21.1. The van der Waals surface area contributed by atoms with Crippen molar-refractivity contribution < 1.29 is 5.11 Å². The summed E-state index contributed by atoms with van der Waals surface area (Å²) in [6, 6.07) is 36.2. The first-order chi connectivity index (χ1) is 15.2. The minimum absolute atomic E-state index is 0. The number of nitrogens with zero attached hydrogens (tertiary/aromatic N) is 2. The Morgan fingerprint density at radius 1 is 0.625 bits per heavy atom. The van der Waals surface area contributed by atoms with Gasteiger partial charge in [0.2, 0.25) is 0 Å². The van der Waals surface area contributed by atoms with Crippen LogP contribution in [0.5, 0.6) is 5.75 Å². The molecule has 0 spiro atoms. The number of phenolic OH excluding ortho intramolecular Hbond substituents is 1. The van der Waals surface area contributed by atoms with Crippen molar-refractivity contribution in [1.82, 2.24) is 9.55 Å². The molecule has 0 aliphatic carbocycles. The molecule has 0 saturated heterocycles. The van der Waals surface area contributed by atoms with Gasteiger partial charge in [-0.2, -0.15) is 0 Å². The van der Waals surface area contributed by atoms with Gasteiger partial charge in [-0.25, -0.2) is 4.98 Å². The Labute approximate surface area is 189 Å². The van der Waals surface area contributed by atoms with Gasteiger partial charge in [0.25, 0.3) is 0 Å². The lowest BCUT2D eigenvalue weighted by Crippen LogP contribution is -1.97. The molecule has 0 fully saturated rings. The number of rotatable bonds is 4. The van der Waals surface area contributed by atoms with Crippen LogP contribution >= 0.6 is 0 Å². The van der Waals surface area contributed by atoms with Gasteiger partial charge in [0, 0.05) is 23.7 Å². The summed E-state index contributed by atoms with van der Waals surface area (Å²) in [7, 11) is 2.07. The summed E-state index contributed by atoms with van der Waals surface area (Å²) in [6.45, 7) is 0. The van der Waals surface area contributed by atoms with E-state index in [-0.39, 0.29) is 13.2 Å². The summed E-state index contributed by atoms with van der Waals surface area (Å²) in [5.41, 5.74) is 7.25. The minimum atomic E-state index is 0. The highest BCUT2D eigenvalue weighted by atomic mass is 16.3. The molecule has 1 heterocycles. The van der Waals surface area contributed by atoms with Crippen molar-refractivity contribution in [3.05, 3.63) is 109 Å². The van der Waals surface area contributed by atoms with Crippen molar-refractivity contribution in [2.75, 3.05) is 0 Å². The summed E-state index contributed by atoms with van der Waals surface area (Å²) < 4.78 is 2.17. The van der Waals surface area contributed by atoms with Crippen molar-refractivity contribution in [3.8, 4) is 50.8 Å². The van der Waals surface area contributed by atoms with Crippen LogP contribution in [0.15, 0.2) is 109 Å². The molecule has 1 N–H and O–H groups in total. The van der Waals surface area contributed by atoms with E-state index in [9.17, 15) is 5.11 Å². The number of benzene rings is 4. The third-order valence-electron chi connectivity index (χ3n) is 5.51. The van der Waals surface area contributed by atoms with Gasteiger partial charge in [-0.3, -0.25) is 0 Å². The van der Waals surface area contributed by atoms with E-state index in [0.29, 0.717) is 0 Å². The quantitative estimate of drug-likeness (QED) is 0.329. The SMILES string of the molecule is C.Cn1c(-c2ccccc2-c2cccc(O)c2)nc(-c2ccccc2)c1-c1ccccc1. The van der Waals surface area contributed by atoms with Crippen LogP contribution in [0.1, 0.15) is 7.43 Å². The maximum Gasteiger partial charge on any atom is 0.141 e. The molecule has 0 aliphatic heterocycles. The summed E-state index contributed by atoms with van der Waals surface area (Å²) in [5.74, 6) is 1.14. The summed E-state index contributed by atoms with van der Waals surface area (Å²) in [5, 5.41) is 10.0. The van der Waals surface area contributed by atoms with Gasteiger partial charge in [0.15, 0.2) is 0 Å². The Bertz CT molecular complexity index is 1340. The molecular formula is C29H26N2O. The number of hydrogen-bond donors (Lipinski definition) is 1. The fourth-order valence-electron chi connectivity index (χ4n) is 4.07. The van der Waals surface area contributed by atoms with Gasteiger partial charge in [0.1, 0.15) is 11.6 Å². The third kappa shape index (κ3) is 3.81. The third-order valence-corrected chi connectivity index (χ3v) is 5.51. The lowest BCUT2D eigenvalue weighted by Gasteiger charge is -2.11. The molecule has 4 aromatic carbocycles. The van der Waals surface area contributed by atoms with Crippen LogP contribution in [-0.4, -0.2) is 14.7 Å². The second kappa shape index (κ2) is 8.94. The monoisotopic (exact) mass is 418 g/mol. The van der Waals surface area contributed by atoms with Gasteiger partial charge < -0.3 is 9.67 Å². The molecule has 0 amide bonds. The van der Waals surface area contributed by atoms with Gasteiger partial charge in [-0.1, -0.05) is 104 Å². The standard InChI is InChI=1S/C28H22N2O.CH4/c1-30-27(21-13-6-3-7-14-21)26(20-11-4-2-5-12-20)29-28(30)25-18-9-8-17-24(25)22-15-10-16-23(31)19-22;/h2-19,31H,1H3;1H4. The van der Waals surface area contributed by atoms with Crippen LogP contribution in [0.25, 0.3) is 45.0 Å². The number of hydrogen-bond acceptors (Lipinski definition) is 2. The molecule has 158 valence electrons. The zero-order chi connectivity index (χ0) is 21.2. The Kier molecular flexibility index (Phi) is 5.91. The maximum absolute atomic E-state index is 10.0. The molecule has 0 aliphatic rings. The number of imidazole rings is 1. The van der Waals surface area contributed by atoms with Crippen molar-refractivity contribution in [2.24, 2.45) is 7.05 Å². The van der Waals surface area contributed by atoms with Crippen molar-refractivity contribution in [1.29, 1.82) is 0 Å². The highest BCUT2D eigenvalue weighted by molar-refractivity contribution is 5.86. The normalized spacial score (nSPS) is 10.5. The number of phenols is 1. The topological polar surface area (TPSA) is 38.0 Å². The number of aromatic hydroxyl groups is 1. The van der Waals surface area contributed by atoms with Crippen LogP contribution in [0.2, 0.25) is 0 Å². The average molecular weight is 419 g/mol. The van der Waals surface area contributed by atoms with Crippen molar-refractivity contribution in [2.45, 2.75) is 7.43 Å². The molecule has 1 aromatic heterocycles. The van der Waals surface area contributed by atoms with Crippen LogP contribution in [0.3, 0.4) is 0 Å². The highest BCUT2D eigenvalue weighted by Crippen LogP contribution is 2.38. The lowest BCUT2D eigenvalue weighted by atomic mass is 9.99. The van der Waals surface area contributed by atoms with Crippen LogP contribution in [0, 0.1) is 0 Å². The predicted octanol–water partition coefficient (Wildman–Crippen LogP) is 7.43. The van der Waals surface area contributed by atoms with E-state index in [0.717, 1.165) is 45.0 Å². The molecule has 0 bridgehead atoms. The molecule has 3 nitrogen and oxygen atoms in total. The predicted molar refractivity (Wildman–Crippen MR) is 133 cm³/mol. The Balaban J connectivity index is 0.00000245. The fraction of sp³-hybridized carbons (Fsp3) is 0.0690. The molecule has 5 aromatic rings. The zero-order valence-electron chi connectivity index (χ0n) is 17.2. The highest BCUT2D eigenvalue weighted by Gasteiger charge is 2.20. The van der Waals surface area contributed by atoms with Gasteiger partial charge in [-0.15, -0.1) is 0 Å². The van der Waals surface area contributed by atoms with Gasteiger partial charge >= 0.3 is 0 Å². The first-order valence-corrected chi connectivity index (χ1v) is 10.3. The van der Waals surface area contributed by atoms with Crippen molar-refractivity contribution >= 4 is 0 Å². The van der Waals surface area contributed by atoms with E-state index >= 15 is 0 Å². The maximum atomic E-state index is 10.0. The van der Waals surface area contributed by atoms with Crippen molar-refractivity contribution in [3.63, 3.8) is 0 Å². The van der Waals surface area contributed by atoms with E-state index in [1.807, 2.05) is 48.5 Å². The number of aromatic nitrogens is 2. The molecule has 0 unspecified atom stereocenters. The Morgan fingerprint density at radius 2 is 1.19 bits per heavy atom. The van der Waals surface area contributed by atoms with Crippen LogP contribution in [-0.2, 0) is 7.05 Å².